The predicted molar refractivity (Wildman–Crippen MR) is 516 cm³/mol. The molecule has 9 aromatic carbocycles. The van der Waals surface area contributed by atoms with Gasteiger partial charge >= 0.3 is 0 Å². The summed E-state index contributed by atoms with van der Waals surface area (Å²) < 4.78 is 24.8. The molecule has 0 aromatic heterocycles. The summed E-state index contributed by atoms with van der Waals surface area (Å²) in [4.78, 5) is 35.4. The number of benzene rings is 9. The third kappa shape index (κ3) is 50.4. The molecule has 0 heterocycles. The smallest absolute Gasteiger partial charge is 0.260 e. The molecule has 0 saturated carbocycles. The molecule has 0 unspecified atom stereocenters. The number of phenolic OH excluding ortho intramolecular Hbond substituents is 14. The molecule has 0 atom stereocenters. The molecule has 0 saturated heterocycles. The van der Waals surface area contributed by atoms with E-state index in [-0.39, 0.29) is 161 Å². The molecule has 0 aliphatic heterocycles. The summed E-state index contributed by atoms with van der Waals surface area (Å²) in [5, 5.41) is 177. The van der Waals surface area contributed by atoms with E-state index in [1.54, 1.807) is 134 Å². The zero-order valence-corrected chi connectivity index (χ0v) is 73.9. The second kappa shape index (κ2) is 63.2. The molecule has 0 amide bonds. The van der Waals surface area contributed by atoms with Gasteiger partial charge in [0.05, 0.1) is 35.5 Å². The zero-order chi connectivity index (χ0) is 101. The van der Waals surface area contributed by atoms with Crippen molar-refractivity contribution in [2.75, 3.05) is 94.5 Å². The highest BCUT2D eigenvalue weighted by atomic mass is 16.5. The van der Waals surface area contributed by atoms with Gasteiger partial charge in [-0.2, -0.15) is 0 Å². The Morgan fingerprint density at radius 2 is 0.582 bits per heavy atom. The first-order valence-electron chi connectivity index (χ1n) is 38.6. The van der Waals surface area contributed by atoms with Gasteiger partial charge in [0.1, 0.15) is 93.4 Å². The van der Waals surface area contributed by atoms with Gasteiger partial charge in [-0.3, -0.25) is 145 Å². The van der Waals surface area contributed by atoms with Crippen molar-refractivity contribution >= 4 is 115 Å². The summed E-state index contributed by atoms with van der Waals surface area (Å²) in [5.74, 6) is 2.16. The molecule has 9 rings (SSSR count). The van der Waals surface area contributed by atoms with E-state index in [2.05, 4.69) is 44.9 Å². The quantitative estimate of drug-likeness (QED) is 0.0103. The fraction of sp³-hybridized carbons (Fsp3) is 0.159. The first kappa shape index (κ1) is 113. The van der Waals surface area contributed by atoms with Crippen LogP contribution >= 0.6 is 0 Å². The van der Waals surface area contributed by atoms with Crippen LogP contribution in [0.2, 0.25) is 0 Å². The van der Waals surface area contributed by atoms with Gasteiger partial charge in [-0.05, 0) is 161 Å². The van der Waals surface area contributed by atoms with Gasteiger partial charge in [0.25, 0.3) is 52.5 Å². The molecule has 0 fully saturated rings. The van der Waals surface area contributed by atoms with Crippen molar-refractivity contribution in [2.24, 2.45) is 96.5 Å². The van der Waals surface area contributed by atoms with E-state index in [1.807, 2.05) is 12.1 Å². The van der Waals surface area contributed by atoms with Gasteiger partial charge in [0.2, 0.25) is 11.5 Å². The standard InChI is InChI=1S/C12H15N3O2.C11H15N3O3.C10H13N3O3.C10H13N3O2.C9H11N3O3.2C9H11N3O2.2C9H11N3O/c1-17-11-7-9(4-5-10(11)16)3-2-6-15-8-12(13)14;1-16-8-3-7(5-14-6-10(12)13)4-9(17-2)11(8)15;1-16-8-3-6(2-7(14)10(8)15)4-13-5-9(11)12;1-15-8-3-2-7(9(14)4-8)5-13-6-10(11)12;10-8(11)4-12-3-5-1-6(13)9(15)7(14)2-5;10-9(11)5-12-4-6-1-2-7(13)3-8(6)14;10-8(11)5-12-4-6-2-1-3-7(13)9(6)14;10-9(11)6-12-5-7-1-3-8(13)4-2-7;10-9(11)6-12-5-7-2-1-3-8(13)4-7/h2-7,16H,8H2,1H3,(H3,13,14);3-5,15H,6H2,1-2H3,(H3,12,13);2-4,14-15H,5H2,1H3,(H3,11,12);2-5,14H,6H2,1H3,(H3,11,12);1-3,13-15H,4H2,(H3,10,11);2*1-4,13-14H,5H2,(H3,10,11);2*1-5,13H,6H2,(H3,10,11)/p+9. The Balaban J connectivity index is 0.000000755. The van der Waals surface area contributed by atoms with Gasteiger partial charge in [-0.25, -0.2) is 0 Å². The Labute approximate surface area is 769 Å². The van der Waals surface area contributed by atoms with Crippen LogP contribution < -0.4 is 124 Å². The molecular weight excluding hydrogens is 1740 g/mol. The maximum atomic E-state index is 9.69. The summed E-state index contributed by atoms with van der Waals surface area (Å²) in [6.07, 6.45) is 17.2. The van der Waals surface area contributed by atoms with E-state index in [9.17, 15) is 35.7 Å². The number of para-hydroxylation sites is 1. The third-order valence-electron chi connectivity index (χ3n) is 15.0. The minimum atomic E-state index is -0.558. The number of hydrogen-bond donors (Lipinski definition) is 32. The van der Waals surface area contributed by atoms with Crippen LogP contribution in [-0.2, 0) is 0 Å². The summed E-state index contributed by atoms with van der Waals surface area (Å²) in [6.45, 7) is 2.17. The first-order valence-corrected chi connectivity index (χ1v) is 38.6. The summed E-state index contributed by atoms with van der Waals surface area (Å²) in [7, 11) is 7.35. The molecule has 712 valence electrons. The van der Waals surface area contributed by atoms with Crippen LogP contribution in [0.1, 0.15) is 50.1 Å². The maximum Gasteiger partial charge on any atom is 0.260 e. The average Bonchev–Trinajstić information content (AvgIpc) is 0.835. The normalized spacial score (nSPS) is 10.6. The Kier molecular flexibility index (Phi) is 53.3. The lowest BCUT2D eigenvalue weighted by atomic mass is 10.2. The van der Waals surface area contributed by atoms with Crippen molar-refractivity contribution in [3.05, 3.63) is 214 Å². The highest BCUT2D eigenvalue weighted by Gasteiger charge is 2.13. The van der Waals surface area contributed by atoms with Crippen molar-refractivity contribution in [1.82, 2.24) is 0 Å². The predicted octanol–water partition coefficient (Wildman–Crippen LogP) is -10.4. The molecule has 46 nitrogen and oxygen atoms in total. The van der Waals surface area contributed by atoms with Crippen molar-refractivity contribution in [3.8, 4) is 109 Å². The molecule has 0 aliphatic rings. The number of methoxy groups -OCH3 is 5. The monoisotopic (exact) mass is 1860 g/mol. The van der Waals surface area contributed by atoms with Gasteiger partial charge in [-0.1, -0.05) is 30.3 Å². The van der Waals surface area contributed by atoms with E-state index < -0.39 is 17.2 Å². The molecule has 9 aromatic rings. The van der Waals surface area contributed by atoms with E-state index in [1.165, 1.54) is 115 Å². The fourth-order valence-electron chi connectivity index (χ4n) is 8.95. The minimum absolute atomic E-state index is 0.00421. The Morgan fingerprint density at radius 1 is 0.246 bits per heavy atom. The van der Waals surface area contributed by atoms with Crippen LogP contribution in [0.25, 0.3) is 6.08 Å². The van der Waals surface area contributed by atoms with Crippen LogP contribution in [0.3, 0.4) is 0 Å². The van der Waals surface area contributed by atoms with E-state index in [0.29, 0.717) is 70.4 Å². The number of amidine groups is 9. The second-order valence-electron chi connectivity index (χ2n) is 26.6. The van der Waals surface area contributed by atoms with E-state index in [0.717, 1.165) is 22.3 Å². The van der Waals surface area contributed by atoms with Gasteiger partial charge < -0.3 is 95.2 Å². The number of phenols is 14. The van der Waals surface area contributed by atoms with Gasteiger partial charge in [-0.15, -0.1) is 0 Å². The fourth-order valence-corrected chi connectivity index (χ4v) is 8.95. The molecule has 0 radical (unpaired) electrons. The SMILES string of the molecule is COc1cc(C=CC=NCC(N)=[NH2+])ccc1O.COc1cc(C=NCC(N)=[NH2+])cc(O)c1O.COc1cc(C=NCC(N)=[NH2+])cc(OC)c1O.COc1ccc(C=NCC(N)=[NH2+])c(O)c1.NC(=[NH2+])CN=Cc1cc(O)c(O)c(O)c1.NC(=[NH2+])CN=Cc1ccc(O)cc1.NC(=[NH2+])CN=Cc1ccc(O)cc1O.NC(=[NH2+])CN=Cc1cccc(O)c1.NC(=[NH2+])CN=Cc1cccc(O)c1O. The van der Waals surface area contributed by atoms with Crippen LogP contribution in [0, 0.1) is 0 Å². The topological polar surface area (TPSA) is 905 Å². The number of nitrogens with two attached hydrogens (primary N) is 18. The Bertz CT molecular complexity index is 5660. The van der Waals surface area contributed by atoms with Crippen molar-refractivity contribution in [1.29, 1.82) is 0 Å². The summed E-state index contributed by atoms with van der Waals surface area (Å²) in [5.41, 5.74) is 52.9. The highest BCUT2D eigenvalue weighted by molar-refractivity contribution is 5.92. The summed E-state index contributed by atoms with van der Waals surface area (Å²) in [6, 6.07) is 41.0. The molecule has 134 heavy (non-hydrogen) atoms. The number of hydrogen-bond acceptors (Lipinski definition) is 28. The van der Waals surface area contributed by atoms with Crippen molar-refractivity contribution < 1.29 is 144 Å². The number of ether oxygens (including phenoxy) is 5. The molecular formula is C88H120N27O19+9. The largest absolute Gasteiger partial charge is 0.508 e. The molecule has 0 bridgehead atoms. The Hall–Kier alpha value is -18.8. The summed E-state index contributed by atoms with van der Waals surface area (Å²) >= 11 is 0. The minimum Gasteiger partial charge on any atom is -0.508 e. The molecule has 50 N–H and O–H groups in total. The van der Waals surface area contributed by atoms with Crippen molar-refractivity contribution in [3.63, 3.8) is 0 Å². The number of nitrogens with zero attached hydrogens (tertiary/aromatic N) is 9. The van der Waals surface area contributed by atoms with Crippen LogP contribution in [0.15, 0.2) is 209 Å². The maximum absolute atomic E-state index is 9.69. The first-order chi connectivity index (χ1) is 63.4. The van der Waals surface area contributed by atoms with Crippen LogP contribution in [0.4, 0.5) is 0 Å². The lowest BCUT2D eigenvalue weighted by Gasteiger charge is -2.09. The lowest BCUT2D eigenvalue weighted by molar-refractivity contribution is -0.117. The van der Waals surface area contributed by atoms with Crippen molar-refractivity contribution in [2.45, 2.75) is 0 Å². The van der Waals surface area contributed by atoms with E-state index in [4.69, 9.17) is 160 Å². The van der Waals surface area contributed by atoms with Crippen LogP contribution in [0.5, 0.6) is 109 Å². The number of aliphatic imine (C=N–C) groups is 9. The molecule has 0 spiro atoms. The van der Waals surface area contributed by atoms with Gasteiger partial charge in [0.15, 0.2) is 63.2 Å². The Morgan fingerprint density at radius 3 is 0.993 bits per heavy atom. The third-order valence-corrected chi connectivity index (χ3v) is 15.0. The van der Waals surface area contributed by atoms with Gasteiger partial charge in [0, 0.05) is 84.8 Å². The molecule has 0 aliphatic carbocycles. The van der Waals surface area contributed by atoms with E-state index >= 15 is 0 Å². The second-order valence-corrected chi connectivity index (χ2v) is 26.6. The molecule has 46 heteroatoms. The number of rotatable bonds is 33. The average molecular weight is 1860 g/mol. The lowest BCUT2D eigenvalue weighted by Crippen LogP contribution is -2.47. The zero-order valence-electron chi connectivity index (χ0n) is 73.9. The number of allylic oxidation sites excluding steroid dienone is 1. The highest BCUT2D eigenvalue weighted by Crippen LogP contribution is 2.38. The van der Waals surface area contributed by atoms with Crippen LogP contribution in [-0.4, -0.2) is 274 Å². The number of aromatic hydroxyl groups is 14.